The van der Waals surface area contributed by atoms with Gasteiger partial charge >= 0.3 is 6.18 Å². The average molecular weight is 265 g/mol. The van der Waals surface area contributed by atoms with Crippen molar-refractivity contribution in [2.24, 2.45) is 0 Å². The van der Waals surface area contributed by atoms with Crippen LogP contribution < -0.4 is 0 Å². The molecule has 0 aromatic carbocycles. The van der Waals surface area contributed by atoms with Crippen LogP contribution in [0.2, 0.25) is 4.34 Å². The first kappa shape index (κ1) is 9.35. The number of rotatable bonds is 0. The predicted octanol–water partition coefficient (Wildman–Crippen LogP) is 4.18. The van der Waals surface area contributed by atoms with E-state index in [1.54, 1.807) is 0 Å². The summed E-state index contributed by atoms with van der Waals surface area (Å²) in [5.74, 6) is 0. The molecule has 0 saturated carbocycles. The average Bonchev–Trinajstić information content (AvgIpc) is 2.08. The van der Waals surface area contributed by atoms with Gasteiger partial charge in [0.25, 0.3) is 0 Å². The molecule has 0 aliphatic rings. The molecule has 1 heterocycles. The summed E-state index contributed by atoms with van der Waals surface area (Å²) in [4.78, 5) is 0. The minimum atomic E-state index is -4.32. The van der Waals surface area contributed by atoms with Gasteiger partial charge in [-0.05, 0) is 22.0 Å². The third-order valence-electron chi connectivity index (χ3n) is 0.962. The molecule has 0 radical (unpaired) electrons. The second kappa shape index (κ2) is 2.95. The van der Waals surface area contributed by atoms with Crippen molar-refractivity contribution in [1.82, 2.24) is 0 Å². The van der Waals surface area contributed by atoms with Crippen molar-refractivity contribution in [3.63, 3.8) is 0 Å². The second-order valence-electron chi connectivity index (χ2n) is 1.74. The van der Waals surface area contributed by atoms with E-state index in [1.807, 2.05) is 0 Å². The van der Waals surface area contributed by atoms with Gasteiger partial charge in [0, 0.05) is 0 Å². The van der Waals surface area contributed by atoms with Gasteiger partial charge in [0.15, 0.2) is 0 Å². The molecule has 1 aromatic rings. The van der Waals surface area contributed by atoms with E-state index >= 15 is 0 Å². The number of halogens is 5. The molecule has 0 spiro atoms. The van der Waals surface area contributed by atoms with Gasteiger partial charge in [0.1, 0.15) is 0 Å². The van der Waals surface area contributed by atoms with Crippen LogP contribution in [0.25, 0.3) is 0 Å². The van der Waals surface area contributed by atoms with Crippen LogP contribution in [0.1, 0.15) is 5.56 Å². The predicted molar refractivity (Wildman–Crippen MR) is 42.0 cm³/mol. The fourth-order valence-corrected chi connectivity index (χ4v) is 2.65. The third-order valence-corrected chi connectivity index (χ3v) is 2.93. The van der Waals surface area contributed by atoms with Gasteiger partial charge in [-0.2, -0.15) is 13.2 Å². The maximum Gasteiger partial charge on any atom is 0.418 e. The molecule has 0 aliphatic heterocycles. The van der Waals surface area contributed by atoms with Gasteiger partial charge in [-0.15, -0.1) is 11.3 Å². The summed E-state index contributed by atoms with van der Waals surface area (Å²) in [5.41, 5.74) is -0.715. The van der Waals surface area contributed by atoms with E-state index in [2.05, 4.69) is 15.9 Å². The van der Waals surface area contributed by atoms with Crippen molar-refractivity contribution in [1.29, 1.82) is 0 Å². The number of hydrogen-bond donors (Lipinski definition) is 0. The van der Waals surface area contributed by atoms with E-state index in [1.165, 1.54) is 0 Å². The molecular formula is C5HBrClF3S. The van der Waals surface area contributed by atoms with E-state index in [4.69, 9.17) is 11.6 Å². The number of alkyl halides is 3. The summed E-state index contributed by atoms with van der Waals surface area (Å²) in [6, 6.07) is 0.899. The molecule has 0 atom stereocenters. The minimum absolute atomic E-state index is 0.0231. The Bertz CT molecular complexity index is 267. The first-order chi connectivity index (χ1) is 4.91. The Morgan fingerprint density at radius 1 is 1.45 bits per heavy atom. The highest BCUT2D eigenvalue weighted by molar-refractivity contribution is 9.11. The molecule has 0 unspecified atom stereocenters. The van der Waals surface area contributed by atoms with Crippen molar-refractivity contribution in [3.8, 4) is 0 Å². The molecule has 6 heteroatoms. The molecule has 0 aliphatic carbocycles. The Balaban J connectivity index is 3.13. The summed E-state index contributed by atoms with van der Waals surface area (Å²) >= 11 is 8.99. The van der Waals surface area contributed by atoms with Crippen molar-refractivity contribution >= 4 is 38.9 Å². The van der Waals surface area contributed by atoms with Crippen LogP contribution in [-0.4, -0.2) is 0 Å². The molecule has 1 aromatic heterocycles. The van der Waals surface area contributed by atoms with Gasteiger partial charge in [0.05, 0.1) is 13.7 Å². The normalized spacial score (nSPS) is 12.1. The smallest absolute Gasteiger partial charge is 0.166 e. The summed E-state index contributed by atoms with van der Waals surface area (Å²) in [7, 11) is 0. The quantitative estimate of drug-likeness (QED) is 0.660. The monoisotopic (exact) mass is 264 g/mol. The maximum absolute atomic E-state index is 12.0. The highest BCUT2D eigenvalue weighted by Crippen LogP contribution is 2.41. The van der Waals surface area contributed by atoms with Crippen LogP contribution in [0.15, 0.2) is 9.85 Å². The molecule has 0 fully saturated rings. The van der Waals surface area contributed by atoms with E-state index in [0.29, 0.717) is 0 Å². The maximum atomic E-state index is 12.0. The van der Waals surface area contributed by atoms with E-state index in [-0.39, 0.29) is 8.12 Å². The van der Waals surface area contributed by atoms with Crippen molar-refractivity contribution in [3.05, 3.63) is 19.8 Å². The minimum Gasteiger partial charge on any atom is -0.166 e. The lowest BCUT2D eigenvalue weighted by Gasteiger charge is -2.02. The fraction of sp³-hybridized carbons (Fsp3) is 0.200. The summed E-state index contributed by atoms with van der Waals surface area (Å²) in [6.07, 6.45) is -4.32. The first-order valence-corrected chi connectivity index (χ1v) is 4.42. The fourth-order valence-electron chi connectivity index (χ4n) is 0.534. The molecule has 11 heavy (non-hydrogen) atoms. The van der Waals surface area contributed by atoms with Gasteiger partial charge in [-0.25, -0.2) is 0 Å². The zero-order valence-corrected chi connectivity index (χ0v) is 8.03. The van der Waals surface area contributed by atoms with Crippen molar-refractivity contribution in [2.45, 2.75) is 6.18 Å². The van der Waals surface area contributed by atoms with E-state index in [9.17, 15) is 13.2 Å². The molecule has 0 nitrogen and oxygen atoms in total. The molecule has 0 bridgehead atoms. The topological polar surface area (TPSA) is 0 Å². The standard InChI is InChI=1S/C5HBrClF3S/c6-4-2(5(8,9)10)1-3(7)11-4/h1H. The van der Waals surface area contributed by atoms with Gasteiger partial charge in [-0.3, -0.25) is 0 Å². The Morgan fingerprint density at radius 2 is 2.00 bits per heavy atom. The molecular weight excluding hydrogens is 264 g/mol. The van der Waals surface area contributed by atoms with Crippen LogP contribution in [0.5, 0.6) is 0 Å². The highest BCUT2D eigenvalue weighted by Gasteiger charge is 2.34. The molecule has 0 saturated heterocycles. The van der Waals surface area contributed by atoms with Crippen LogP contribution >= 0.6 is 38.9 Å². The first-order valence-electron chi connectivity index (χ1n) is 2.43. The lowest BCUT2D eigenvalue weighted by molar-refractivity contribution is -0.137. The van der Waals surface area contributed by atoms with Gasteiger partial charge in [-0.1, -0.05) is 11.6 Å². The zero-order chi connectivity index (χ0) is 8.65. The summed E-state index contributed by atoms with van der Waals surface area (Å²) in [5, 5.41) is 0. The van der Waals surface area contributed by atoms with Crippen molar-refractivity contribution in [2.75, 3.05) is 0 Å². The lowest BCUT2D eigenvalue weighted by Crippen LogP contribution is -2.02. The van der Waals surface area contributed by atoms with E-state index in [0.717, 1.165) is 17.4 Å². The Hall–Kier alpha value is 0.260. The molecule has 0 N–H and O–H groups in total. The van der Waals surface area contributed by atoms with Crippen LogP contribution in [0.4, 0.5) is 13.2 Å². The molecule has 0 amide bonds. The highest BCUT2D eigenvalue weighted by atomic mass is 79.9. The van der Waals surface area contributed by atoms with Crippen LogP contribution in [0.3, 0.4) is 0 Å². The molecule has 62 valence electrons. The SMILES string of the molecule is FC(F)(F)c1cc(Cl)sc1Br. The summed E-state index contributed by atoms with van der Waals surface area (Å²) < 4.78 is 36.1. The van der Waals surface area contributed by atoms with Crippen molar-refractivity contribution < 1.29 is 13.2 Å². The lowest BCUT2D eigenvalue weighted by atomic mass is 10.3. The number of hydrogen-bond acceptors (Lipinski definition) is 1. The second-order valence-corrected chi connectivity index (χ2v) is 4.74. The van der Waals surface area contributed by atoms with E-state index < -0.39 is 11.7 Å². The zero-order valence-electron chi connectivity index (χ0n) is 4.88. The van der Waals surface area contributed by atoms with Gasteiger partial charge in [0.2, 0.25) is 0 Å². The Morgan fingerprint density at radius 3 is 2.18 bits per heavy atom. The largest absolute Gasteiger partial charge is 0.418 e. The number of thiophene rings is 1. The van der Waals surface area contributed by atoms with Crippen LogP contribution in [0, 0.1) is 0 Å². The third kappa shape index (κ3) is 2.10. The Kier molecular flexibility index (Phi) is 2.51. The van der Waals surface area contributed by atoms with Gasteiger partial charge < -0.3 is 0 Å². The summed E-state index contributed by atoms with van der Waals surface area (Å²) in [6.45, 7) is 0. The molecule has 1 rings (SSSR count). The van der Waals surface area contributed by atoms with Crippen LogP contribution in [-0.2, 0) is 6.18 Å². The Labute approximate surface area is 78.1 Å².